The fourth-order valence-electron chi connectivity index (χ4n) is 3.29. The van der Waals surface area contributed by atoms with Crippen LogP contribution >= 0.6 is 0 Å². The van der Waals surface area contributed by atoms with Gasteiger partial charge in [-0.25, -0.2) is 9.97 Å². The SMILES string of the molecule is CC(=NOCC(C)(C)CON=C1CCCc2cnc(C)nc21)c1cc(C)cc(C)n1. The van der Waals surface area contributed by atoms with Gasteiger partial charge in [-0.1, -0.05) is 24.2 Å². The van der Waals surface area contributed by atoms with Gasteiger partial charge in [0.1, 0.15) is 30.5 Å². The molecule has 2 aromatic heterocycles. The standard InChI is InChI=1S/C23H31N5O2/c1-15-10-16(2)25-21(11-15)17(3)27-29-13-23(5,6)14-30-28-20-9-7-8-19-12-24-18(4)26-22(19)20/h10-12H,7-9,13-14H2,1-6H3. The van der Waals surface area contributed by atoms with Crippen molar-refractivity contribution >= 4 is 11.4 Å². The zero-order valence-corrected chi connectivity index (χ0v) is 18.8. The van der Waals surface area contributed by atoms with Gasteiger partial charge in [-0.15, -0.1) is 0 Å². The van der Waals surface area contributed by atoms with E-state index in [2.05, 4.69) is 39.1 Å². The predicted molar refractivity (Wildman–Crippen MR) is 118 cm³/mol. The second-order valence-corrected chi connectivity index (χ2v) is 8.74. The number of aryl methyl sites for hydroxylation is 4. The van der Waals surface area contributed by atoms with E-state index in [1.165, 1.54) is 0 Å². The summed E-state index contributed by atoms with van der Waals surface area (Å²) in [5.74, 6) is 0.753. The third-order valence-electron chi connectivity index (χ3n) is 4.87. The molecule has 160 valence electrons. The molecule has 0 aromatic carbocycles. The molecular formula is C23H31N5O2. The molecule has 0 saturated carbocycles. The number of pyridine rings is 1. The minimum atomic E-state index is -0.247. The van der Waals surface area contributed by atoms with E-state index in [0.29, 0.717) is 13.2 Å². The minimum Gasteiger partial charge on any atom is -0.395 e. The maximum Gasteiger partial charge on any atom is 0.125 e. The molecular weight excluding hydrogens is 378 g/mol. The van der Waals surface area contributed by atoms with Crippen molar-refractivity contribution in [3.8, 4) is 0 Å². The lowest BCUT2D eigenvalue weighted by Crippen LogP contribution is -2.25. The van der Waals surface area contributed by atoms with Crippen LogP contribution < -0.4 is 0 Å². The minimum absolute atomic E-state index is 0.247. The Morgan fingerprint density at radius 2 is 1.83 bits per heavy atom. The van der Waals surface area contributed by atoms with Gasteiger partial charge >= 0.3 is 0 Å². The van der Waals surface area contributed by atoms with Crippen molar-refractivity contribution in [2.45, 2.75) is 60.8 Å². The highest BCUT2D eigenvalue weighted by molar-refractivity contribution is 6.00. The van der Waals surface area contributed by atoms with Crippen molar-refractivity contribution in [2.75, 3.05) is 13.2 Å². The first kappa shape index (κ1) is 21.9. The first-order valence-electron chi connectivity index (χ1n) is 10.4. The second kappa shape index (κ2) is 9.32. The molecule has 1 aliphatic carbocycles. The lowest BCUT2D eigenvalue weighted by molar-refractivity contribution is -0.000160. The Balaban J connectivity index is 1.56. The summed E-state index contributed by atoms with van der Waals surface area (Å²) in [5, 5.41) is 8.63. The van der Waals surface area contributed by atoms with Crippen LogP contribution in [0.2, 0.25) is 0 Å². The summed E-state index contributed by atoms with van der Waals surface area (Å²) in [4.78, 5) is 24.6. The maximum atomic E-state index is 5.70. The number of nitrogens with zero attached hydrogens (tertiary/aromatic N) is 5. The number of hydrogen-bond donors (Lipinski definition) is 0. The van der Waals surface area contributed by atoms with Crippen molar-refractivity contribution in [2.24, 2.45) is 15.7 Å². The molecule has 0 radical (unpaired) electrons. The fourth-order valence-corrected chi connectivity index (χ4v) is 3.29. The third kappa shape index (κ3) is 5.84. The Hall–Kier alpha value is -2.83. The number of oxime groups is 2. The molecule has 0 bridgehead atoms. The van der Waals surface area contributed by atoms with Gasteiger partial charge in [0.05, 0.1) is 11.4 Å². The molecule has 2 aromatic rings. The fraction of sp³-hybridized carbons (Fsp3) is 0.522. The molecule has 7 nitrogen and oxygen atoms in total. The van der Waals surface area contributed by atoms with Gasteiger partial charge in [-0.2, -0.15) is 0 Å². The van der Waals surface area contributed by atoms with E-state index in [1.54, 1.807) is 0 Å². The molecule has 0 amide bonds. The van der Waals surface area contributed by atoms with Gasteiger partial charge < -0.3 is 9.68 Å². The van der Waals surface area contributed by atoms with Crippen molar-refractivity contribution < 1.29 is 9.68 Å². The highest BCUT2D eigenvalue weighted by Crippen LogP contribution is 2.21. The second-order valence-electron chi connectivity index (χ2n) is 8.74. The Morgan fingerprint density at radius 3 is 2.60 bits per heavy atom. The van der Waals surface area contributed by atoms with Crippen LogP contribution in [0.4, 0.5) is 0 Å². The monoisotopic (exact) mass is 409 g/mol. The lowest BCUT2D eigenvalue weighted by Gasteiger charge is -2.22. The predicted octanol–water partition coefficient (Wildman–Crippen LogP) is 4.32. The summed E-state index contributed by atoms with van der Waals surface area (Å²) < 4.78 is 0. The van der Waals surface area contributed by atoms with E-state index < -0.39 is 0 Å². The van der Waals surface area contributed by atoms with E-state index in [4.69, 9.17) is 9.68 Å². The maximum absolute atomic E-state index is 5.70. The quantitative estimate of drug-likeness (QED) is 0.502. The highest BCUT2D eigenvalue weighted by atomic mass is 16.6. The van der Waals surface area contributed by atoms with Gasteiger partial charge in [-0.3, -0.25) is 4.98 Å². The molecule has 7 heteroatoms. The number of fused-ring (bicyclic) bond motifs is 1. The van der Waals surface area contributed by atoms with E-state index in [-0.39, 0.29) is 5.41 Å². The smallest absolute Gasteiger partial charge is 0.125 e. The molecule has 0 fully saturated rings. The van der Waals surface area contributed by atoms with Crippen molar-refractivity contribution in [3.63, 3.8) is 0 Å². The van der Waals surface area contributed by atoms with E-state index in [1.807, 2.05) is 46.0 Å². The highest BCUT2D eigenvalue weighted by Gasteiger charge is 2.22. The van der Waals surface area contributed by atoms with Crippen LogP contribution in [-0.4, -0.2) is 39.6 Å². The summed E-state index contributed by atoms with van der Waals surface area (Å²) in [5.41, 5.74) is 6.43. The molecule has 3 rings (SSSR count). The van der Waals surface area contributed by atoms with Gasteiger partial charge in [0.2, 0.25) is 0 Å². The van der Waals surface area contributed by atoms with Crippen LogP contribution in [-0.2, 0) is 16.1 Å². The molecule has 2 heterocycles. The average Bonchev–Trinajstić information content (AvgIpc) is 2.67. The molecule has 0 unspecified atom stereocenters. The van der Waals surface area contributed by atoms with E-state index >= 15 is 0 Å². The Bertz CT molecular complexity index is 946. The summed E-state index contributed by atoms with van der Waals surface area (Å²) in [6.07, 6.45) is 4.79. The van der Waals surface area contributed by atoms with Crippen LogP contribution in [0.5, 0.6) is 0 Å². The zero-order valence-electron chi connectivity index (χ0n) is 18.8. The molecule has 0 atom stereocenters. The molecule has 0 aliphatic heterocycles. The van der Waals surface area contributed by atoms with Crippen LogP contribution in [0.3, 0.4) is 0 Å². The van der Waals surface area contributed by atoms with Crippen molar-refractivity contribution in [1.29, 1.82) is 0 Å². The van der Waals surface area contributed by atoms with E-state index in [9.17, 15) is 0 Å². The van der Waals surface area contributed by atoms with Gasteiger partial charge in [0.25, 0.3) is 0 Å². The molecule has 1 aliphatic rings. The first-order chi connectivity index (χ1) is 14.2. The summed E-state index contributed by atoms with van der Waals surface area (Å²) in [6, 6.07) is 4.05. The lowest BCUT2D eigenvalue weighted by atomic mass is 9.95. The Kier molecular flexibility index (Phi) is 6.80. The average molecular weight is 410 g/mol. The van der Waals surface area contributed by atoms with Crippen LogP contribution in [0.1, 0.15) is 67.6 Å². The number of aromatic nitrogens is 3. The molecule has 0 N–H and O–H groups in total. The van der Waals surface area contributed by atoms with Gasteiger partial charge in [0.15, 0.2) is 0 Å². The molecule has 30 heavy (non-hydrogen) atoms. The normalized spacial score (nSPS) is 15.8. The number of hydrogen-bond acceptors (Lipinski definition) is 7. The van der Waals surface area contributed by atoms with Crippen molar-refractivity contribution in [3.05, 3.63) is 52.4 Å². The molecule has 0 spiro atoms. The van der Waals surface area contributed by atoms with Crippen molar-refractivity contribution in [1.82, 2.24) is 15.0 Å². The summed E-state index contributed by atoms with van der Waals surface area (Å²) in [7, 11) is 0. The van der Waals surface area contributed by atoms with Gasteiger partial charge in [0, 0.05) is 17.3 Å². The summed E-state index contributed by atoms with van der Waals surface area (Å²) >= 11 is 0. The van der Waals surface area contributed by atoms with Crippen LogP contribution in [0.15, 0.2) is 28.6 Å². The number of rotatable bonds is 7. The van der Waals surface area contributed by atoms with Crippen LogP contribution in [0, 0.1) is 26.2 Å². The van der Waals surface area contributed by atoms with E-state index in [0.717, 1.165) is 64.7 Å². The largest absolute Gasteiger partial charge is 0.395 e. The Morgan fingerprint density at radius 1 is 1.07 bits per heavy atom. The first-order valence-corrected chi connectivity index (χ1v) is 10.4. The summed E-state index contributed by atoms with van der Waals surface area (Å²) in [6.45, 7) is 12.8. The zero-order chi connectivity index (χ0) is 21.7. The van der Waals surface area contributed by atoms with Gasteiger partial charge in [-0.05, 0) is 70.2 Å². The topological polar surface area (TPSA) is 81.9 Å². The van der Waals surface area contributed by atoms with Crippen LogP contribution in [0.25, 0.3) is 0 Å². The third-order valence-corrected chi connectivity index (χ3v) is 4.87. The Labute approximate surface area is 178 Å². The molecule has 0 saturated heterocycles.